The Morgan fingerprint density at radius 3 is 3.09 bits per heavy atom. The fourth-order valence-corrected chi connectivity index (χ4v) is 2.91. The van der Waals surface area contributed by atoms with Gasteiger partial charge in [0.15, 0.2) is 0 Å². The molecule has 23 heavy (non-hydrogen) atoms. The molecule has 0 spiro atoms. The van der Waals surface area contributed by atoms with E-state index in [2.05, 4.69) is 10.1 Å². The number of halogens is 1. The van der Waals surface area contributed by atoms with E-state index in [1.807, 2.05) is 36.1 Å². The van der Waals surface area contributed by atoms with Gasteiger partial charge in [-0.1, -0.05) is 23.7 Å². The van der Waals surface area contributed by atoms with Crippen LogP contribution in [0, 0.1) is 0 Å². The smallest absolute Gasteiger partial charge is 0.224 e. The van der Waals surface area contributed by atoms with Crippen LogP contribution in [0.5, 0.6) is 0 Å². The second kappa shape index (κ2) is 7.10. The summed E-state index contributed by atoms with van der Waals surface area (Å²) in [6, 6.07) is 7.66. The van der Waals surface area contributed by atoms with Crippen molar-refractivity contribution in [3.63, 3.8) is 0 Å². The SMILES string of the molecule is C[C@H]1CO[C@H](c2cccc(Cl)c2)CN1C(=O)CCn1cncn1. The van der Waals surface area contributed by atoms with Crippen LogP contribution >= 0.6 is 11.6 Å². The number of carbonyl (C=O) groups excluding carboxylic acids is 1. The third-order valence-electron chi connectivity index (χ3n) is 4.00. The zero-order valence-corrected chi connectivity index (χ0v) is 13.7. The molecule has 3 rings (SSSR count). The van der Waals surface area contributed by atoms with Crippen LogP contribution < -0.4 is 0 Å². The van der Waals surface area contributed by atoms with Crippen molar-refractivity contribution in [2.75, 3.05) is 13.2 Å². The maximum absolute atomic E-state index is 12.5. The molecule has 0 N–H and O–H groups in total. The van der Waals surface area contributed by atoms with E-state index in [1.165, 1.54) is 6.33 Å². The quantitative estimate of drug-likeness (QED) is 0.861. The Morgan fingerprint density at radius 2 is 2.35 bits per heavy atom. The first-order chi connectivity index (χ1) is 11.1. The second-order valence-electron chi connectivity index (χ2n) is 5.68. The van der Waals surface area contributed by atoms with Crippen molar-refractivity contribution in [1.29, 1.82) is 0 Å². The molecule has 0 aliphatic carbocycles. The number of aryl methyl sites for hydroxylation is 1. The van der Waals surface area contributed by atoms with Gasteiger partial charge >= 0.3 is 0 Å². The third kappa shape index (κ3) is 3.89. The molecular formula is C16H19ClN4O2. The second-order valence-corrected chi connectivity index (χ2v) is 6.12. The topological polar surface area (TPSA) is 60.2 Å². The van der Waals surface area contributed by atoms with E-state index in [4.69, 9.17) is 16.3 Å². The van der Waals surface area contributed by atoms with E-state index in [0.29, 0.717) is 31.1 Å². The molecule has 1 fully saturated rings. The molecule has 1 aliphatic heterocycles. The standard InChI is InChI=1S/C16H19ClN4O2/c1-12-9-23-15(13-3-2-4-14(17)7-13)8-21(12)16(22)5-6-20-11-18-10-19-20/h2-4,7,10-12,15H,5-6,8-9H2,1H3/t12-,15-/m0/s1. The van der Waals surface area contributed by atoms with Gasteiger partial charge in [0.2, 0.25) is 5.91 Å². The highest BCUT2D eigenvalue weighted by molar-refractivity contribution is 6.30. The number of carbonyl (C=O) groups is 1. The molecule has 1 saturated heterocycles. The number of morpholine rings is 1. The first-order valence-corrected chi connectivity index (χ1v) is 8.00. The van der Waals surface area contributed by atoms with Crippen LogP contribution in [0.2, 0.25) is 5.02 Å². The highest BCUT2D eigenvalue weighted by Crippen LogP contribution is 2.27. The number of rotatable bonds is 4. The molecule has 1 aromatic carbocycles. The van der Waals surface area contributed by atoms with Crippen molar-refractivity contribution >= 4 is 17.5 Å². The van der Waals surface area contributed by atoms with Crippen molar-refractivity contribution in [3.8, 4) is 0 Å². The lowest BCUT2D eigenvalue weighted by molar-refractivity contribution is -0.144. The first-order valence-electron chi connectivity index (χ1n) is 7.62. The van der Waals surface area contributed by atoms with Gasteiger partial charge in [-0.25, -0.2) is 4.98 Å². The Labute approximate surface area is 140 Å². The van der Waals surface area contributed by atoms with Gasteiger partial charge in [-0.15, -0.1) is 0 Å². The fourth-order valence-electron chi connectivity index (χ4n) is 2.71. The number of amides is 1. The molecule has 0 bridgehead atoms. The van der Waals surface area contributed by atoms with Gasteiger partial charge in [-0.3, -0.25) is 9.48 Å². The van der Waals surface area contributed by atoms with Crippen LogP contribution in [-0.4, -0.2) is 44.8 Å². The molecule has 1 amide bonds. The van der Waals surface area contributed by atoms with Crippen LogP contribution in [0.4, 0.5) is 0 Å². The van der Waals surface area contributed by atoms with Gasteiger partial charge < -0.3 is 9.64 Å². The Balaban J connectivity index is 1.64. The minimum atomic E-state index is -0.139. The summed E-state index contributed by atoms with van der Waals surface area (Å²) in [5.74, 6) is 0.100. The highest BCUT2D eigenvalue weighted by atomic mass is 35.5. The molecular weight excluding hydrogens is 316 g/mol. The van der Waals surface area contributed by atoms with Gasteiger partial charge in [0.05, 0.1) is 25.7 Å². The molecule has 1 aromatic heterocycles. The molecule has 0 radical (unpaired) electrons. The highest BCUT2D eigenvalue weighted by Gasteiger charge is 2.30. The van der Waals surface area contributed by atoms with Crippen LogP contribution in [-0.2, 0) is 16.1 Å². The molecule has 122 valence electrons. The monoisotopic (exact) mass is 334 g/mol. The first kappa shape index (κ1) is 16.0. The summed E-state index contributed by atoms with van der Waals surface area (Å²) >= 11 is 6.05. The molecule has 2 aromatic rings. The Kier molecular flexibility index (Phi) is 4.93. The van der Waals surface area contributed by atoms with Crippen molar-refractivity contribution in [2.24, 2.45) is 0 Å². The number of aromatic nitrogens is 3. The van der Waals surface area contributed by atoms with Gasteiger partial charge in [-0.05, 0) is 24.6 Å². The van der Waals surface area contributed by atoms with Crippen LogP contribution in [0.1, 0.15) is 25.0 Å². The molecule has 2 atom stereocenters. The average molecular weight is 335 g/mol. The van der Waals surface area contributed by atoms with Gasteiger partial charge in [0, 0.05) is 11.4 Å². The molecule has 7 heteroatoms. The van der Waals surface area contributed by atoms with Crippen molar-refractivity contribution in [1.82, 2.24) is 19.7 Å². The van der Waals surface area contributed by atoms with Crippen LogP contribution in [0.25, 0.3) is 0 Å². The third-order valence-corrected chi connectivity index (χ3v) is 4.23. The maximum atomic E-state index is 12.5. The van der Waals surface area contributed by atoms with E-state index in [9.17, 15) is 4.79 Å². The number of hydrogen-bond acceptors (Lipinski definition) is 4. The lowest BCUT2D eigenvalue weighted by atomic mass is 10.1. The van der Waals surface area contributed by atoms with E-state index < -0.39 is 0 Å². The summed E-state index contributed by atoms with van der Waals surface area (Å²) in [4.78, 5) is 18.3. The molecule has 0 unspecified atom stereocenters. The van der Waals surface area contributed by atoms with E-state index >= 15 is 0 Å². The molecule has 0 saturated carbocycles. The van der Waals surface area contributed by atoms with E-state index in [-0.39, 0.29) is 18.1 Å². The average Bonchev–Trinajstić information content (AvgIpc) is 3.06. The summed E-state index contributed by atoms with van der Waals surface area (Å²) in [6.07, 6.45) is 3.35. The summed E-state index contributed by atoms with van der Waals surface area (Å²) in [5.41, 5.74) is 0.999. The number of nitrogens with zero attached hydrogens (tertiary/aromatic N) is 4. The lowest BCUT2D eigenvalue weighted by Crippen LogP contribution is -2.48. The van der Waals surface area contributed by atoms with Gasteiger partial charge in [0.1, 0.15) is 18.8 Å². The van der Waals surface area contributed by atoms with Crippen molar-refractivity contribution < 1.29 is 9.53 Å². The number of ether oxygens (including phenoxy) is 1. The van der Waals surface area contributed by atoms with Crippen molar-refractivity contribution in [3.05, 3.63) is 47.5 Å². The zero-order valence-electron chi connectivity index (χ0n) is 12.9. The van der Waals surface area contributed by atoms with Crippen LogP contribution in [0.3, 0.4) is 0 Å². The number of benzene rings is 1. The Hall–Kier alpha value is -1.92. The lowest BCUT2D eigenvalue weighted by Gasteiger charge is -2.38. The molecule has 2 heterocycles. The summed E-state index contributed by atoms with van der Waals surface area (Å²) in [6.45, 7) is 3.59. The zero-order chi connectivity index (χ0) is 16.2. The Morgan fingerprint density at radius 1 is 1.48 bits per heavy atom. The fraction of sp³-hybridized carbons (Fsp3) is 0.438. The van der Waals surface area contributed by atoms with E-state index in [0.717, 1.165) is 5.56 Å². The summed E-state index contributed by atoms with van der Waals surface area (Å²) in [5, 5.41) is 4.69. The molecule has 6 nitrogen and oxygen atoms in total. The molecule has 1 aliphatic rings. The van der Waals surface area contributed by atoms with E-state index in [1.54, 1.807) is 11.0 Å². The Bertz CT molecular complexity index is 662. The summed E-state index contributed by atoms with van der Waals surface area (Å²) < 4.78 is 7.55. The minimum Gasteiger partial charge on any atom is -0.370 e. The van der Waals surface area contributed by atoms with Gasteiger partial charge in [-0.2, -0.15) is 5.10 Å². The normalized spacial score (nSPS) is 21.4. The van der Waals surface area contributed by atoms with Crippen LogP contribution in [0.15, 0.2) is 36.9 Å². The largest absolute Gasteiger partial charge is 0.370 e. The minimum absolute atomic E-state index is 0.0636. The summed E-state index contributed by atoms with van der Waals surface area (Å²) in [7, 11) is 0. The predicted molar refractivity (Wildman–Crippen MR) is 86.0 cm³/mol. The predicted octanol–water partition coefficient (Wildman–Crippen LogP) is 2.31. The van der Waals surface area contributed by atoms with Crippen molar-refractivity contribution in [2.45, 2.75) is 32.0 Å². The van der Waals surface area contributed by atoms with Gasteiger partial charge in [0.25, 0.3) is 0 Å². The number of hydrogen-bond donors (Lipinski definition) is 0. The maximum Gasteiger partial charge on any atom is 0.224 e.